The first-order valence-corrected chi connectivity index (χ1v) is 19.8. The van der Waals surface area contributed by atoms with E-state index < -0.39 is 0 Å². The summed E-state index contributed by atoms with van der Waals surface area (Å²) in [6, 6.07) is 72.3. The smallest absolute Gasteiger partial charge is 0.143 e. The Bertz CT molecular complexity index is 3120. The molecular weight excluding hydrogens is 691 g/mol. The molecule has 1 aliphatic carbocycles. The molecule has 1 aromatic heterocycles. The van der Waals surface area contributed by atoms with Crippen LogP contribution in [0.3, 0.4) is 0 Å². The topological polar surface area (TPSA) is 16.4 Å². The fourth-order valence-electron chi connectivity index (χ4n) is 9.49. The van der Waals surface area contributed by atoms with Crippen molar-refractivity contribution in [1.29, 1.82) is 0 Å². The molecule has 0 N–H and O–H groups in total. The molecule has 0 bridgehead atoms. The standard InChI is InChI=1S/C55H39NO/c1-55(2)48-28-15-25-41(38-19-8-4-9-20-38)51(48)45-27-14-26-43(53(45)55)46-35-47-52-49(29-16-30-50(52)57-54(47)44-24-13-12-23-42(44)46)56(39-21-10-5-11-22-39)40-33-31-37(32-34-40)36-17-6-3-7-18-36/h3-35H,1-2H3. The Hall–Kier alpha value is -7.16. The Morgan fingerprint density at radius 1 is 0.421 bits per heavy atom. The van der Waals surface area contributed by atoms with E-state index in [-0.39, 0.29) is 5.41 Å². The fraction of sp³-hybridized carbons (Fsp3) is 0.0545. The zero-order valence-electron chi connectivity index (χ0n) is 31.9. The third-order valence-electron chi connectivity index (χ3n) is 12.0. The first kappa shape index (κ1) is 33.2. The average Bonchev–Trinajstić information content (AvgIpc) is 3.77. The van der Waals surface area contributed by atoms with Crippen molar-refractivity contribution in [1.82, 2.24) is 0 Å². The molecule has 0 saturated carbocycles. The molecule has 0 fully saturated rings. The Morgan fingerprint density at radius 3 is 1.75 bits per heavy atom. The summed E-state index contributed by atoms with van der Waals surface area (Å²) in [5.74, 6) is 0. The lowest BCUT2D eigenvalue weighted by Crippen LogP contribution is -2.16. The van der Waals surface area contributed by atoms with E-state index in [1.165, 1.54) is 61.0 Å². The van der Waals surface area contributed by atoms with Crippen LogP contribution in [0.25, 0.3) is 77.2 Å². The number of benzene rings is 9. The highest BCUT2D eigenvalue weighted by Crippen LogP contribution is 2.56. The molecule has 1 aliphatic rings. The molecule has 0 amide bonds. The number of anilines is 3. The first-order chi connectivity index (χ1) is 28.1. The van der Waals surface area contributed by atoms with Gasteiger partial charge in [0.25, 0.3) is 0 Å². The van der Waals surface area contributed by atoms with Gasteiger partial charge in [-0.1, -0.05) is 172 Å². The van der Waals surface area contributed by atoms with Crippen LogP contribution in [-0.4, -0.2) is 0 Å². The van der Waals surface area contributed by atoms with Crippen LogP contribution in [-0.2, 0) is 5.41 Å². The highest BCUT2D eigenvalue weighted by atomic mass is 16.3. The number of hydrogen-bond acceptors (Lipinski definition) is 2. The van der Waals surface area contributed by atoms with Gasteiger partial charge in [0.15, 0.2) is 0 Å². The minimum absolute atomic E-state index is 0.220. The normalized spacial score (nSPS) is 12.9. The molecule has 2 heteroatoms. The minimum atomic E-state index is -0.220. The third-order valence-corrected chi connectivity index (χ3v) is 12.0. The molecule has 270 valence electrons. The van der Waals surface area contributed by atoms with Gasteiger partial charge in [-0.2, -0.15) is 0 Å². The lowest BCUT2D eigenvalue weighted by Gasteiger charge is -2.26. The fourth-order valence-corrected chi connectivity index (χ4v) is 9.49. The first-order valence-electron chi connectivity index (χ1n) is 19.8. The Balaban J connectivity index is 1.16. The number of para-hydroxylation sites is 1. The summed E-state index contributed by atoms with van der Waals surface area (Å²) >= 11 is 0. The second-order valence-corrected chi connectivity index (χ2v) is 15.6. The highest BCUT2D eigenvalue weighted by Gasteiger charge is 2.39. The van der Waals surface area contributed by atoms with Gasteiger partial charge in [-0.15, -0.1) is 0 Å². The van der Waals surface area contributed by atoms with Gasteiger partial charge in [-0.25, -0.2) is 0 Å². The van der Waals surface area contributed by atoms with E-state index in [4.69, 9.17) is 4.42 Å². The Morgan fingerprint density at radius 2 is 1.00 bits per heavy atom. The van der Waals surface area contributed by atoms with Gasteiger partial charge in [0.1, 0.15) is 11.2 Å². The largest absolute Gasteiger partial charge is 0.455 e. The van der Waals surface area contributed by atoms with Crippen LogP contribution in [0.5, 0.6) is 0 Å². The van der Waals surface area contributed by atoms with Gasteiger partial charge in [-0.05, 0) is 103 Å². The molecule has 0 spiro atoms. The molecule has 0 radical (unpaired) electrons. The van der Waals surface area contributed by atoms with Crippen LogP contribution in [0, 0.1) is 0 Å². The molecule has 0 aliphatic heterocycles. The number of furan rings is 1. The van der Waals surface area contributed by atoms with Crippen LogP contribution < -0.4 is 4.90 Å². The van der Waals surface area contributed by atoms with E-state index in [9.17, 15) is 0 Å². The van der Waals surface area contributed by atoms with Crippen molar-refractivity contribution in [2.75, 3.05) is 4.90 Å². The molecular formula is C55H39NO. The van der Waals surface area contributed by atoms with Crippen molar-refractivity contribution in [2.24, 2.45) is 0 Å². The number of hydrogen-bond donors (Lipinski definition) is 0. The summed E-state index contributed by atoms with van der Waals surface area (Å²) < 4.78 is 6.92. The number of nitrogens with zero attached hydrogens (tertiary/aromatic N) is 1. The van der Waals surface area contributed by atoms with Crippen molar-refractivity contribution in [3.05, 3.63) is 211 Å². The van der Waals surface area contributed by atoms with E-state index in [2.05, 4.69) is 219 Å². The maximum absolute atomic E-state index is 6.92. The predicted octanol–water partition coefficient (Wildman–Crippen LogP) is 15.5. The Kier molecular flexibility index (Phi) is 7.55. The van der Waals surface area contributed by atoms with Crippen molar-refractivity contribution >= 4 is 49.8 Å². The number of fused-ring (bicyclic) bond motifs is 8. The molecule has 0 atom stereocenters. The van der Waals surface area contributed by atoms with Gasteiger partial charge in [-0.3, -0.25) is 0 Å². The summed E-state index contributed by atoms with van der Waals surface area (Å²) in [6.07, 6.45) is 0. The van der Waals surface area contributed by atoms with Crippen molar-refractivity contribution in [2.45, 2.75) is 19.3 Å². The molecule has 10 aromatic rings. The third kappa shape index (κ3) is 5.18. The molecule has 1 heterocycles. The van der Waals surface area contributed by atoms with Gasteiger partial charge in [0, 0.05) is 27.6 Å². The molecule has 0 saturated heterocycles. The van der Waals surface area contributed by atoms with E-state index in [0.717, 1.165) is 44.4 Å². The van der Waals surface area contributed by atoms with Crippen LogP contribution in [0.4, 0.5) is 17.1 Å². The van der Waals surface area contributed by atoms with E-state index in [1.54, 1.807) is 0 Å². The van der Waals surface area contributed by atoms with Crippen molar-refractivity contribution < 1.29 is 4.42 Å². The zero-order chi connectivity index (χ0) is 38.1. The molecule has 9 aromatic carbocycles. The van der Waals surface area contributed by atoms with Crippen molar-refractivity contribution in [3.63, 3.8) is 0 Å². The summed E-state index contributed by atoms with van der Waals surface area (Å²) in [4.78, 5) is 2.37. The van der Waals surface area contributed by atoms with Crippen LogP contribution >= 0.6 is 0 Å². The SMILES string of the molecule is CC1(C)c2cccc(-c3ccccc3)c2-c2cccc(-c3cc4c(oc5cccc(N(c6ccccc6)c6ccc(-c7ccccc7)cc6)c54)c4ccccc34)c21. The molecule has 2 nitrogen and oxygen atoms in total. The summed E-state index contributed by atoms with van der Waals surface area (Å²) in [5.41, 5.74) is 17.6. The lowest BCUT2D eigenvalue weighted by atomic mass is 9.78. The minimum Gasteiger partial charge on any atom is -0.455 e. The maximum atomic E-state index is 6.92. The molecule has 11 rings (SSSR count). The van der Waals surface area contributed by atoms with E-state index >= 15 is 0 Å². The highest BCUT2D eigenvalue weighted by molar-refractivity contribution is 6.23. The summed E-state index contributed by atoms with van der Waals surface area (Å²) in [5, 5.41) is 4.50. The van der Waals surface area contributed by atoms with Crippen molar-refractivity contribution in [3.8, 4) is 44.5 Å². The maximum Gasteiger partial charge on any atom is 0.143 e. The predicted molar refractivity (Wildman–Crippen MR) is 240 cm³/mol. The molecule has 57 heavy (non-hydrogen) atoms. The number of rotatable bonds is 6. The average molecular weight is 730 g/mol. The van der Waals surface area contributed by atoms with E-state index in [0.29, 0.717) is 0 Å². The Labute approximate surface area is 332 Å². The second kappa shape index (κ2) is 13.0. The van der Waals surface area contributed by atoms with Gasteiger partial charge in [0.2, 0.25) is 0 Å². The second-order valence-electron chi connectivity index (χ2n) is 15.6. The van der Waals surface area contributed by atoms with E-state index in [1.807, 2.05) is 0 Å². The summed E-state index contributed by atoms with van der Waals surface area (Å²) in [7, 11) is 0. The van der Waals surface area contributed by atoms with Crippen LogP contribution in [0.2, 0.25) is 0 Å². The zero-order valence-corrected chi connectivity index (χ0v) is 31.9. The van der Waals surface area contributed by atoms with Gasteiger partial charge in [0.05, 0.1) is 11.1 Å². The van der Waals surface area contributed by atoms with Gasteiger partial charge < -0.3 is 9.32 Å². The monoisotopic (exact) mass is 729 g/mol. The summed E-state index contributed by atoms with van der Waals surface area (Å²) in [6.45, 7) is 4.78. The van der Waals surface area contributed by atoms with Crippen LogP contribution in [0.1, 0.15) is 25.0 Å². The quantitative estimate of drug-likeness (QED) is 0.169. The van der Waals surface area contributed by atoms with Gasteiger partial charge >= 0.3 is 0 Å². The van der Waals surface area contributed by atoms with Crippen LogP contribution in [0.15, 0.2) is 205 Å². The molecule has 0 unspecified atom stereocenters. The lowest BCUT2D eigenvalue weighted by molar-refractivity contribution is 0.662.